The molecule has 0 aliphatic carbocycles. The van der Waals surface area contributed by atoms with Gasteiger partial charge >= 0.3 is 5.97 Å². The number of imidazole rings is 1. The first-order valence-corrected chi connectivity index (χ1v) is 10.2. The van der Waals surface area contributed by atoms with Crippen LogP contribution >= 0.6 is 0 Å². The van der Waals surface area contributed by atoms with Gasteiger partial charge in [0.25, 0.3) is 5.91 Å². The van der Waals surface area contributed by atoms with Crippen LogP contribution in [0.15, 0.2) is 85.3 Å². The molecular weight excluding hydrogens is 404 g/mol. The second-order valence-corrected chi connectivity index (χ2v) is 7.60. The topological polar surface area (TPSA) is 99.5 Å². The summed E-state index contributed by atoms with van der Waals surface area (Å²) in [5.74, 6) is -1.54. The Hall–Kier alpha value is -4.39. The van der Waals surface area contributed by atoms with Crippen molar-refractivity contribution in [3.63, 3.8) is 0 Å². The second kappa shape index (κ2) is 8.03. The third kappa shape index (κ3) is 3.72. The van der Waals surface area contributed by atoms with Gasteiger partial charge in [0.05, 0.1) is 5.69 Å². The van der Waals surface area contributed by atoms with Crippen LogP contribution in [0.25, 0.3) is 27.8 Å². The van der Waals surface area contributed by atoms with Gasteiger partial charge in [-0.15, -0.1) is 0 Å². The Morgan fingerprint density at radius 3 is 2.66 bits per heavy atom. The number of hydrogen-bond donors (Lipinski definition) is 3. The van der Waals surface area contributed by atoms with Gasteiger partial charge in [-0.1, -0.05) is 48.5 Å². The van der Waals surface area contributed by atoms with E-state index >= 15 is 0 Å². The number of carboxylic acid groups (broad SMARTS) is 1. The maximum atomic E-state index is 12.9. The minimum absolute atomic E-state index is 0.175. The number of benzene rings is 2. The highest BCUT2D eigenvalue weighted by Crippen LogP contribution is 2.21. The third-order valence-electron chi connectivity index (χ3n) is 5.49. The number of rotatable bonds is 6. The van der Waals surface area contributed by atoms with Gasteiger partial charge in [-0.05, 0) is 23.8 Å². The summed E-state index contributed by atoms with van der Waals surface area (Å²) in [7, 11) is 0. The molecule has 3 aromatic heterocycles. The minimum atomic E-state index is -1.09. The summed E-state index contributed by atoms with van der Waals surface area (Å²) in [5, 5.41) is 13.3. The number of nitrogens with one attached hydrogen (secondary N) is 2. The van der Waals surface area contributed by atoms with Gasteiger partial charge in [0.1, 0.15) is 11.7 Å². The molecule has 7 heteroatoms. The number of aliphatic carboxylic acids is 1. The molecule has 0 fully saturated rings. The zero-order chi connectivity index (χ0) is 22.1. The van der Waals surface area contributed by atoms with Gasteiger partial charge in [0.15, 0.2) is 0 Å². The van der Waals surface area contributed by atoms with Crippen molar-refractivity contribution in [1.29, 1.82) is 0 Å². The number of hydrogen-bond acceptors (Lipinski definition) is 3. The zero-order valence-corrected chi connectivity index (χ0v) is 17.0. The van der Waals surface area contributed by atoms with Crippen LogP contribution in [-0.4, -0.2) is 37.4 Å². The van der Waals surface area contributed by atoms with Crippen molar-refractivity contribution in [2.45, 2.75) is 12.5 Å². The summed E-state index contributed by atoms with van der Waals surface area (Å²) in [6, 6.07) is 19.7. The minimum Gasteiger partial charge on any atom is -0.480 e. The van der Waals surface area contributed by atoms with Crippen LogP contribution in [-0.2, 0) is 11.2 Å². The lowest BCUT2D eigenvalue weighted by molar-refractivity contribution is -0.139. The zero-order valence-electron chi connectivity index (χ0n) is 17.0. The standard InChI is InChI=1S/C25H20N4O3/c30-24(28-21(25(31)32)12-18-14-26-20-9-5-4-8-19(18)20)17-10-11-29-15-22(27-23(29)13-17)16-6-2-1-3-7-16/h1-11,13-15,21,26H,12H2,(H,28,30)(H,31,32). The highest BCUT2D eigenvalue weighted by molar-refractivity contribution is 5.97. The van der Waals surface area contributed by atoms with Crippen LogP contribution < -0.4 is 5.32 Å². The van der Waals surface area contributed by atoms with E-state index in [2.05, 4.69) is 15.3 Å². The molecule has 7 nitrogen and oxygen atoms in total. The SMILES string of the molecule is O=C(NC(Cc1c[nH]c2ccccc12)C(=O)O)c1ccn2cc(-c3ccccc3)nc2c1. The fraction of sp³-hybridized carbons (Fsp3) is 0.0800. The fourth-order valence-electron chi connectivity index (χ4n) is 3.83. The molecule has 0 bridgehead atoms. The van der Waals surface area contributed by atoms with Crippen LogP contribution in [0.4, 0.5) is 0 Å². The Bertz CT molecular complexity index is 1440. The van der Waals surface area contributed by atoms with Gasteiger partial charge < -0.3 is 19.8 Å². The van der Waals surface area contributed by atoms with Crippen molar-refractivity contribution in [3.05, 3.63) is 96.4 Å². The number of fused-ring (bicyclic) bond motifs is 2. The lowest BCUT2D eigenvalue weighted by Crippen LogP contribution is -2.42. The van der Waals surface area contributed by atoms with Gasteiger partial charge in [0, 0.05) is 47.0 Å². The number of pyridine rings is 1. The molecule has 3 heterocycles. The molecule has 158 valence electrons. The predicted molar refractivity (Wildman–Crippen MR) is 122 cm³/mol. The largest absolute Gasteiger partial charge is 0.480 e. The van der Waals surface area contributed by atoms with Crippen LogP contribution in [0.1, 0.15) is 15.9 Å². The molecule has 0 spiro atoms. The lowest BCUT2D eigenvalue weighted by Gasteiger charge is -2.14. The summed E-state index contributed by atoms with van der Waals surface area (Å²) in [4.78, 5) is 32.4. The Labute approximate surface area is 183 Å². The number of aromatic nitrogens is 3. The summed E-state index contributed by atoms with van der Waals surface area (Å²) in [5.41, 5.74) is 4.51. The average molecular weight is 424 g/mol. The first-order valence-electron chi connectivity index (χ1n) is 10.2. The van der Waals surface area contributed by atoms with Crippen LogP contribution in [0, 0.1) is 0 Å². The van der Waals surface area contributed by atoms with Crippen molar-refractivity contribution in [2.24, 2.45) is 0 Å². The number of nitrogens with zero attached hydrogens (tertiary/aromatic N) is 2. The van der Waals surface area contributed by atoms with Crippen LogP contribution in [0.5, 0.6) is 0 Å². The number of carboxylic acids is 1. The number of carbonyl (C=O) groups is 2. The summed E-state index contributed by atoms with van der Waals surface area (Å²) in [6.07, 6.45) is 5.60. The molecule has 0 saturated carbocycles. The highest BCUT2D eigenvalue weighted by Gasteiger charge is 2.23. The van der Waals surface area contributed by atoms with E-state index in [1.165, 1.54) is 0 Å². The molecule has 1 amide bonds. The molecular formula is C25H20N4O3. The quantitative estimate of drug-likeness (QED) is 0.385. The summed E-state index contributed by atoms with van der Waals surface area (Å²) >= 11 is 0. The predicted octanol–water partition coefficient (Wildman–Crippen LogP) is 3.91. The fourth-order valence-corrected chi connectivity index (χ4v) is 3.83. The van der Waals surface area contributed by atoms with Crippen LogP contribution in [0.2, 0.25) is 0 Å². The molecule has 1 unspecified atom stereocenters. The van der Waals surface area contributed by atoms with Crippen LogP contribution in [0.3, 0.4) is 0 Å². The smallest absolute Gasteiger partial charge is 0.326 e. The summed E-state index contributed by atoms with van der Waals surface area (Å²) in [6.45, 7) is 0. The first-order chi connectivity index (χ1) is 15.6. The van der Waals surface area contributed by atoms with E-state index in [4.69, 9.17) is 0 Å². The number of H-pyrrole nitrogens is 1. The summed E-state index contributed by atoms with van der Waals surface area (Å²) < 4.78 is 1.83. The average Bonchev–Trinajstić information content (AvgIpc) is 3.43. The number of aromatic amines is 1. The maximum absolute atomic E-state index is 12.9. The van der Waals surface area contributed by atoms with Crippen molar-refractivity contribution in [2.75, 3.05) is 0 Å². The number of amides is 1. The van der Waals surface area contributed by atoms with E-state index in [0.717, 1.165) is 27.7 Å². The normalized spacial score (nSPS) is 12.1. The van der Waals surface area contributed by atoms with E-state index in [9.17, 15) is 14.7 Å². The molecule has 0 aliphatic heterocycles. The first kappa shape index (κ1) is 19.6. The molecule has 2 aromatic carbocycles. The Balaban J connectivity index is 1.38. The van der Waals surface area contributed by atoms with E-state index in [1.807, 2.05) is 65.2 Å². The molecule has 5 rings (SSSR count). The third-order valence-corrected chi connectivity index (χ3v) is 5.49. The van der Waals surface area contributed by atoms with Gasteiger partial charge in [-0.2, -0.15) is 0 Å². The molecule has 32 heavy (non-hydrogen) atoms. The Morgan fingerprint density at radius 2 is 1.84 bits per heavy atom. The highest BCUT2D eigenvalue weighted by atomic mass is 16.4. The Morgan fingerprint density at radius 1 is 1.06 bits per heavy atom. The van der Waals surface area contributed by atoms with Gasteiger partial charge in [-0.25, -0.2) is 9.78 Å². The van der Waals surface area contributed by atoms with Gasteiger partial charge in [-0.3, -0.25) is 4.79 Å². The monoisotopic (exact) mass is 424 g/mol. The van der Waals surface area contributed by atoms with Crippen molar-refractivity contribution >= 4 is 28.4 Å². The molecule has 0 saturated heterocycles. The lowest BCUT2D eigenvalue weighted by atomic mass is 10.0. The molecule has 1 atom stereocenters. The number of para-hydroxylation sites is 1. The van der Waals surface area contributed by atoms with Crippen molar-refractivity contribution < 1.29 is 14.7 Å². The van der Waals surface area contributed by atoms with Crippen molar-refractivity contribution in [1.82, 2.24) is 19.7 Å². The van der Waals surface area contributed by atoms with Crippen molar-refractivity contribution in [3.8, 4) is 11.3 Å². The van der Waals surface area contributed by atoms with E-state index in [-0.39, 0.29) is 6.42 Å². The molecule has 0 radical (unpaired) electrons. The van der Waals surface area contributed by atoms with E-state index < -0.39 is 17.9 Å². The van der Waals surface area contributed by atoms with E-state index in [1.54, 1.807) is 24.5 Å². The van der Waals surface area contributed by atoms with E-state index in [0.29, 0.717) is 11.2 Å². The molecule has 0 aliphatic rings. The Kier molecular flexibility index (Phi) is 4.91. The maximum Gasteiger partial charge on any atom is 0.326 e. The van der Waals surface area contributed by atoms with Gasteiger partial charge in [0.2, 0.25) is 0 Å². The molecule has 3 N–H and O–H groups in total. The number of carbonyl (C=O) groups excluding carboxylic acids is 1. The second-order valence-electron chi connectivity index (χ2n) is 7.60. The molecule has 5 aromatic rings.